The zero-order valence-electron chi connectivity index (χ0n) is 16.7. The van der Waals surface area contributed by atoms with E-state index in [2.05, 4.69) is 61.9 Å². The van der Waals surface area contributed by atoms with Gasteiger partial charge in [0.2, 0.25) is 0 Å². The van der Waals surface area contributed by atoms with E-state index in [0.717, 1.165) is 22.5 Å². The molecule has 0 amide bonds. The second kappa shape index (κ2) is 7.40. The Balaban J connectivity index is 2.07. The van der Waals surface area contributed by atoms with Crippen molar-refractivity contribution in [3.05, 3.63) is 95.3 Å². The molecule has 0 N–H and O–H groups in total. The van der Waals surface area contributed by atoms with Crippen LogP contribution in [-0.2, 0) is 0 Å². The van der Waals surface area contributed by atoms with Crippen LogP contribution in [0.15, 0.2) is 67.0 Å². The summed E-state index contributed by atoms with van der Waals surface area (Å²) in [4.78, 5) is 9.18. The third-order valence-electron chi connectivity index (χ3n) is 5.10. The summed E-state index contributed by atoms with van der Waals surface area (Å²) in [6.45, 7) is 8.64. The van der Waals surface area contributed by atoms with Gasteiger partial charge in [0.15, 0.2) is 0 Å². The fourth-order valence-corrected chi connectivity index (χ4v) is 3.93. The standard InChI is InChI=1S/C26H23N2/c1-17-13-18(2)15-21(14-17)26-19(3)22(24-9-5-7-11-27-24)16-23(20(26)4)25-10-6-8-12-28-25/h5-15H,1-4H3/q-1. The molecule has 0 radical (unpaired) electrons. The molecule has 138 valence electrons. The summed E-state index contributed by atoms with van der Waals surface area (Å²) in [5.74, 6) is 0. The van der Waals surface area contributed by atoms with Gasteiger partial charge in [-0.3, -0.25) is 9.97 Å². The number of nitrogens with zero attached hydrogens (tertiary/aromatic N) is 2. The zero-order chi connectivity index (χ0) is 19.7. The summed E-state index contributed by atoms with van der Waals surface area (Å²) < 4.78 is 0. The Morgan fingerprint density at radius 3 is 1.57 bits per heavy atom. The number of hydrogen-bond donors (Lipinski definition) is 0. The highest BCUT2D eigenvalue weighted by molar-refractivity contribution is 5.86. The number of hydrogen-bond acceptors (Lipinski definition) is 2. The van der Waals surface area contributed by atoms with Crippen molar-refractivity contribution in [2.75, 3.05) is 0 Å². The molecule has 0 fully saturated rings. The number of pyridine rings is 2. The Hall–Kier alpha value is -3.26. The first-order valence-corrected chi connectivity index (χ1v) is 9.52. The third kappa shape index (κ3) is 3.34. The van der Waals surface area contributed by atoms with Gasteiger partial charge in [-0.25, -0.2) is 0 Å². The minimum atomic E-state index is 0.933. The lowest BCUT2D eigenvalue weighted by molar-refractivity contribution is 1.26. The van der Waals surface area contributed by atoms with Crippen molar-refractivity contribution in [2.45, 2.75) is 27.7 Å². The monoisotopic (exact) mass is 363 g/mol. The van der Waals surface area contributed by atoms with Crippen LogP contribution >= 0.6 is 0 Å². The molecule has 0 aliphatic heterocycles. The molecule has 4 rings (SSSR count). The molecule has 2 aromatic heterocycles. The van der Waals surface area contributed by atoms with Crippen molar-refractivity contribution in [3.63, 3.8) is 0 Å². The number of rotatable bonds is 3. The van der Waals surface area contributed by atoms with E-state index < -0.39 is 0 Å². The molecule has 0 saturated heterocycles. The normalized spacial score (nSPS) is 10.9. The van der Waals surface area contributed by atoms with Crippen LogP contribution in [0.25, 0.3) is 33.6 Å². The maximum Gasteiger partial charge on any atom is 0.0183 e. The van der Waals surface area contributed by atoms with E-state index in [1.54, 1.807) is 0 Å². The topological polar surface area (TPSA) is 25.8 Å². The summed E-state index contributed by atoms with van der Waals surface area (Å²) in [6.07, 6.45) is 3.67. The van der Waals surface area contributed by atoms with Gasteiger partial charge >= 0.3 is 0 Å². The highest BCUT2D eigenvalue weighted by atomic mass is 14.7. The van der Waals surface area contributed by atoms with E-state index in [9.17, 15) is 0 Å². The number of aromatic nitrogens is 2. The summed E-state index contributed by atoms with van der Waals surface area (Å²) in [5.41, 5.74) is 11.3. The maximum absolute atomic E-state index is 4.59. The van der Waals surface area contributed by atoms with Crippen LogP contribution in [0.5, 0.6) is 0 Å². The van der Waals surface area contributed by atoms with E-state index >= 15 is 0 Å². The third-order valence-corrected chi connectivity index (χ3v) is 5.10. The van der Waals surface area contributed by atoms with E-state index in [1.165, 1.54) is 33.4 Å². The second-order valence-electron chi connectivity index (χ2n) is 7.31. The van der Waals surface area contributed by atoms with Crippen LogP contribution in [0.2, 0.25) is 0 Å². The molecule has 0 saturated carbocycles. The molecule has 0 unspecified atom stereocenters. The van der Waals surface area contributed by atoms with Gasteiger partial charge in [-0.05, 0) is 31.5 Å². The summed E-state index contributed by atoms with van der Waals surface area (Å²) in [5, 5.41) is 0. The predicted octanol–water partition coefficient (Wildman–Crippen LogP) is 6.51. The van der Waals surface area contributed by atoms with Crippen molar-refractivity contribution in [1.29, 1.82) is 0 Å². The van der Waals surface area contributed by atoms with Crippen LogP contribution in [0, 0.1) is 33.8 Å². The lowest BCUT2D eigenvalue weighted by atomic mass is 9.85. The summed E-state index contributed by atoms with van der Waals surface area (Å²) >= 11 is 0. The Labute approximate surface area is 167 Å². The van der Waals surface area contributed by atoms with Crippen LogP contribution < -0.4 is 0 Å². The fourth-order valence-electron chi connectivity index (χ4n) is 3.93. The quantitative estimate of drug-likeness (QED) is 0.388. The zero-order valence-corrected chi connectivity index (χ0v) is 16.7. The second-order valence-corrected chi connectivity index (χ2v) is 7.31. The van der Waals surface area contributed by atoms with E-state index in [-0.39, 0.29) is 0 Å². The molecule has 0 bridgehead atoms. The molecule has 4 aromatic rings. The van der Waals surface area contributed by atoms with E-state index in [0.29, 0.717) is 0 Å². The molecule has 2 aromatic carbocycles. The fraction of sp³-hybridized carbons (Fsp3) is 0.154. The minimum absolute atomic E-state index is 0.933. The maximum atomic E-state index is 4.59. The molecule has 0 atom stereocenters. The first-order valence-electron chi connectivity index (χ1n) is 9.52. The van der Waals surface area contributed by atoms with Crippen LogP contribution in [0.4, 0.5) is 0 Å². The average molecular weight is 363 g/mol. The summed E-state index contributed by atoms with van der Waals surface area (Å²) in [6, 6.07) is 22.4. The minimum Gasteiger partial charge on any atom is -0.295 e. The van der Waals surface area contributed by atoms with Crippen molar-refractivity contribution in [3.8, 4) is 33.6 Å². The molecule has 2 heteroatoms. The smallest absolute Gasteiger partial charge is 0.0183 e. The Morgan fingerprint density at radius 2 is 1.14 bits per heavy atom. The van der Waals surface area contributed by atoms with Gasteiger partial charge in [0.1, 0.15) is 0 Å². The van der Waals surface area contributed by atoms with Crippen molar-refractivity contribution in [1.82, 2.24) is 9.97 Å². The number of benzene rings is 2. The first-order chi connectivity index (χ1) is 13.5. The Kier molecular flexibility index (Phi) is 4.79. The van der Waals surface area contributed by atoms with Gasteiger partial charge in [0.05, 0.1) is 0 Å². The molecule has 0 spiro atoms. The Morgan fingerprint density at radius 1 is 0.643 bits per heavy atom. The Bertz CT molecular complexity index is 1050. The van der Waals surface area contributed by atoms with Gasteiger partial charge in [0.25, 0.3) is 0 Å². The van der Waals surface area contributed by atoms with Gasteiger partial charge < -0.3 is 0 Å². The van der Waals surface area contributed by atoms with Gasteiger partial charge in [0, 0.05) is 23.8 Å². The van der Waals surface area contributed by atoms with Gasteiger partial charge in [-0.2, -0.15) is 0 Å². The van der Waals surface area contributed by atoms with Crippen molar-refractivity contribution in [2.24, 2.45) is 0 Å². The molecule has 0 aliphatic carbocycles. The SMILES string of the molecule is Cc1cc(C)cc(-c2c(C)c(-c3ccccn3)[c-]c(-c3ccccn3)c2C)c1. The van der Waals surface area contributed by atoms with Crippen LogP contribution in [0.3, 0.4) is 0 Å². The molecule has 2 heterocycles. The van der Waals surface area contributed by atoms with Gasteiger partial charge in [-0.1, -0.05) is 84.1 Å². The summed E-state index contributed by atoms with van der Waals surface area (Å²) in [7, 11) is 0. The van der Waals surface area contributed by atoms with Crippen LogP contribution in [0.1, 0.15) is 22.3 Å². The molecule has 2 nitrogen and oxygen atoms in total. The highest BCUT2D eigenvalue weighted by Crippen LogP contribution is 2.39. The lowest BCUT2D eigenvalue weighted by Crippen LogP contribution is -1.99. The molecular weight excluding hydrogens is 340 g/mol. The van der Waals surface area contributed by atoms with E-state index in [4.69, 9.17) is 0 Å². The molecule has 28 heavy (non-hydrogen) atoms. The average Bonchev–Trinajstić information content (AvgIpc) is 2.69. The molecular formula is C26H23N2-. The molecule has 0 aliphatic rings. The number of aryl methyl sites for hydroxylation is 2. The lowest BCUT2D eigenvalue weighted by Gasteiger charge is -2.25. The predicted molar refractivity (Wildman–Crippen MR) is 116 cm³/mol. The van der Waals surface area contributed by atoms with Crippen molar-refractivity contribution < 1.29 is 0 Å². The van der Waals surface area contributed by atoms with E-state index in [1.807, 2.05) is 48.8 Å². The highest BCUT2D eigenvalue weighted by Gasteiger charge is 2.12. The van der Waals surface area contributed by atoms with Gasteiger partial charge in [-0.15, -0.1) is 17.2 Å². The van der Waals surface area contributed by atoms with Crippen LogP contribution in [-0.4, -0.2) is 9.97 Å². The largest absolute Gasteiger partial charge is 0.295 e. The first kappa shape index (κ1) is 18.1. The van der Waals surface area contributed by atoms with Crippen molar-refractivity contribution >= 4 is 0 Å².